The maximum Gasteiger partial charge on any atom is 0.340 e. The molecule has 0 fully saturated rings. The van der Waals surface area contributed by atoms with Crippen molar-refractivity contribution in [3.63, 3.8) is 0 Å². The van der Waals surface area contributed by atoms with Gasteiger partial charge in [-0.2, -0.15) is 0 Å². The zero-order valence-corrected chi connectivity index (χ0v) is 13.4. The van der Waals surface area contributed by atoms with Crippen LogP contribution in [0.5, 0.6) is 0 Å². The molecule has 0 unspecified atom stereocenters. The van der Waals surface area contributed by atoms with Crippen molar-refractivity contribution in [3.05, 3.63) is 23.5 Å². The molecule has 21 heavy (non-hydrogen) atoms. The van der Waals surface area contributed by atoms with Gasteiger partial charge in [0.15, 0.2) is 0 Å². The number of hydrogen-bond acceptors (Lipinski definition) is 4. The van der Waals surface area contributed by atoms with Crippen molar-refractivity contribution >= 4 is 17.3 Å². The average molecular weight is 296 g/mol. The van der Waals surface area contributed by atoms with Gasteiger partial charge in [0.2, 0.25) is 0 Å². The van der Waals surface area contributed by atoms with Gasteiger partial charge in [-0.05, 0) is 30.4 Å². The smallest absolute Gasteiger partial charge is 0.340 e. The van der Waals surface area contributed by atoms with Crippen molar-refractivity contribution in [3.8, 4) is 0 Å². The van der Waals surface area contributed by atoms with E-state index < -0.39 is 11.8 Å². The molecule has 0 saturated heterocycles. The number of carbonyl (C=O) groups excluding carboxylic acids is 1. The fourth-order valence-electron chi connectivity index (χ4n) is 1.64. The molecule has 0 aliphatic rings. The van der Waals surface area contributed by atoms with Gasteiger partial charge in [0.1, 0.15) is 5.82 Å². The Morgan fingerprint density at radius 1 is 1.43 bits per heavy atom. The Bertz CT molecular complexity index is 513. The Labute approximate surface area is 125 Å². The number of hydrogen-bond donors (Lipinski definition) is 2. The maximum absolute atomic E-state index is 14.0. The molecule has 3 N–H and O–H groups in total. The van der Waals surface area contributed by atoms with E-state index in [0.29, 0.717) is 12.5 Å². The predicted octanol–water partition coefficient (Wildman–Crippen LogP) is 3.68. The van der Waals surface area contributed by atoms with E-state index in [9.17, 15) is 9.18 Å². The van der Waals surface area contributed by atoms with Gasteiger partial charge in [0, 0.05) is 12.2 Å². The molecule has 0 saturated carbocycles. The standard InChI is InChI=1S/C16H25FN2O2/c1-6-21-15(20)11-7-14(12(17)8-13(11)18)19-9-16(4,5)10(2)3/h7-8,10,19H,6,9,18H2,1-5H3. The number of benzene rings is 1. The third kappa shape index (κ3) is 4.34. The highest BCUT2D eigenvalue weighted by Gasteiger charge is 2.23. The molecule has 0 radical (unpaired) electrons. The minimum Gasteiger partial charge on any atom is -0.462 e. The number of carbonyl (C=O) groups is 1. The lowest BCUT2D eigenvalue weighted by Gasteiger charge is -2.30. The third-order valence-corrected chi connectivity index (χ3v) is 3.93. The van der Waals surface area contributed by atoms with Crippen LogP contribution in [0.2, 0.25) is 0 Å². The van der Waals surface area contributed by atoms with E-state index in [0.717, 1.165) is 6.07 Å². The van der Waals surface area contributed by atoms with Gasteiger partial charge in [-0.15, -0.1) is 0 Å². The number of esters is 1. The lowest BCUT2D eigenvalue weighted by atomic mass is 9.81. The molecular weight excluding hydrogens is 271 g/mol. The van der Waals surface area contributed by atoms with Crippen molar-refractivity contribution in [2.45, 2.75) is 34.6 Å². The van der Waals surface area contributed by atoms with E-state index >= 15 is 0 Å². The SMILES string of the molecule is CCOC(=O)c1cc(NCC(C)(C)C(C)C)c(F)cc1N. The first-order valence-corrected chi connectivity index (χ1v) is 7.19. The molecule has 0 aliphatic carbocycles. The van der Waals surface area contributed by atoms with Gasteiger partial charge in [-0.1, -0.05) is 27.7 Å². The molecule has 0 amide bonds. The van der Waals surface area contributed by atoms with Crippen LogP contribution in [0.1, 0.15) is 45.0 Å². The Morgan fingerprint density at radius 3 is 2.57 bits per heavy atom. The van der Waals surface area contributed by atoms with E-state index in [-0.39, 0.29) is 29.0 Å². The van der Waals surface area contributed by atoms with Crippen LogP contribution < -0.4 is 11.1 Å². The molecular formula is C16H25FN2O2. The summed E-state index contributed by atoms with van der Waals surface area (Å²) in [6.07, 6.45) is 0. The van der Waals surface area contributed by atoms with E-state index in [2.05, 4.69) is 33.0 Å². The Balaban J connectivity index is 2.98. The Hall–Kier alpha value is -1.78. The molecule has 1 rings (SSSR count). The van der Waals surface area contributed by atoms with Gasteiger partial charge >= 0.3 is 5.97 Å². The molecule has 0 bridgehead atoms. The molecule has 0 aromatic heterocycles. The minimum atomic E-state index is -0.541. The minimum absolute atomic E-state index is 0.00207. The zero-order valence-electron chi connectivity index (χ0n) is 13.4. The van der Waals surface area contributed by atoms with Crippen LogP contribution in [0.25, 0.3) is 0 Å². The van der Waals surface area contributed by atoms with Gasteiger partial charge in [0.25, 0.3) is 0 Å². The highest BCUT2D eigenvalue weighted by atomic mass is 19.1. The number of rotatable bonds is 6. The van der Waals surface area contributed by atoms with Gasteiger partial charge in [-0.3, -0.25) is 0 Å². The Kier molecular flexibility index (Phi) is 5.58. The van der Waals surface area contributed by atoms with Crippen LogP contribution in [0, 0.1) is 17.2 Å². The number of nitrogens with two attached hydrogens (primary N) is 1. The first kappa shape index (κ1) is 17.3. The predicted molar refractivity (Wildman–Crippen MR) is 83.9 cm³/mol. The fourth-order valence-corrected chi connectivity index (χ4v) is 1.64. The van der Waals surface area contributed by atoms with Crippen molar-refractivity contribution < 1.29 is 13.9 Å². The molecule has 0 spiro atoms. The van der Waals surface area contributed by atoms with Crippen LogP contribution in [0.15, 0.2) is 12.1 Å². The molecule has 0 atom stereocenters. The normalized spacial score (nSPS) is 11.6. The summed E-state index contributed by atoms with van der Waals surface area (Å²) in [4.78, 5) is 11.8. The number of halogens is 1. The van der Waals surface area contributed by atoms with Crippen molar-refractivity contribution in [1.82, 2.24) is 0 Å². The molecule has 0 heterocycles. The second kappa shape index (κ2) is 6.78. The highest BCUT2D eigenvalue weighted by Crippen LogP contribution is 2.28. The van der Waals surface area contributed by atoms with Crippen LogP contribution in [-0.2, 0) is 4.74 Å². The van der Waals surface area contributed by atoms with Crippen LogP contribution in [-0.4, -0.2) is 19.1 Å². The quantitative estimate of drug-likeness (QED) is 0.621. The lowest BCUT2D eigenvalue weighted by Crippen LogP contribution is -2.28. The number of ether oxygens (including phenoxy) is 1. The number of nitrogen functional groups attached to an aromatic ring is 1. The van der Waals surface area contributed by atoms with E-state index in [1.165, 1.54) is 6.07 Å². The maximum atomic E-state index is 14.0. The van der Waals surface area contributed by atoms with Crippen LogP contribution in [0.4, 0.5) is 15.8 Å². The molecule has 1 aromatic rings. The molecule has 4 nitrogen and oxygen atoms in total. The molecule has 118 valence electrons. The largest absolute Gasteiger partial charge is 0.462 e. The topological polar surface area (TPSA) is 64.3 Å². The van der Waals surface area contributed by atoms with Crippen LogP contribution in [0.3, 0.4) is 0 Å². The number of anilines is 2. The lowest BCUT2D eigenvalue weighted by molar-refractivity contribution is 0.0527. The number of nitrogens with one attached hydrogen (secondary N) is 1. The molecule has 5 heteroatoms. The second-order valence-electron chi connectivity index (χ2n) is 6.14. The first-order valence-electron chi connectivity index (χ1n) is 7.19. The van der Waals surface area contributed by atoms with E-state index in [1.54, 1.807) is 6.92 Å². The summed E-state index contributed by atoms with van der Waals surface area (Å²) in [6.45, 7) is 11.0. The molecule has 1 aromatic carbocycles. The zero-order chi connectivity index (χ0) is 16.2. The van der Waals surface area contributed by atoms with Gasteiger partial charge in [0.05, 0.1) is 17.9 Å². The monoisotopic (exact) mass is 296 g/mol. The first-order chi connectivity index (χ1) is 9.69. The van der Waals surface area contributed by atoms with Gasteiger partial charge in [-0.25, -0.2) is 9.18 Å². The summed E-state index contributed by atoms with van der Waals surface area (Å²) in [6, 6.07) is 2.57. The summed E-state index contributed by atoms with van der Waals surface area (Å²) in [5.74, 6) is -0.576. The van der Waals surface area contributed by atoms with Crippen molar-refractivity contribution in [1.29, 1.82) is 0 Å². The summed E-state index contributed by atoms with van der Waals surface area (Å²) >= 11 is 0. The summed E-state index contributed by atoms with van der Waals surface area (Å²) < 4.78 is 18.9. The Morgan fingerprint density at radius 2 is 2.05 bits per heavy atom. The second-order valence-corrected chi connectivity index (χ2v) is 6.14. The summed E-state index contributed by atoms with van der Waals surface area (Å²) in [7, 11) is 0. The third-order valence-electron chi connectivity index (χ3n) is 3.93. The summed E-state index contributed by atoms with van der Waals surface area (Å²) in [5.41, 5.74) is 6.21. The van der Waals surface area contributed by atoms with Crippen molar-refractivity contribution in [2.24, 2.45) is 11.3 Å². The average Bonchev–Trinajstić information content (AvgIpc) is 2.37. The van der Waals surface area contributed by atoms with Crippen molar-refractivity contribution in [2.75, 3.05) is 24.2 Å². The fraction of sp³-hybridized carbons (Fsp3) is 0.562. The van der Waals surface area contributed by atoms with E-state index in [1.807, 2.05) is 0 Å². The molecule has 0 aliphatic heterocycles. The van der Waals surface area contributed by atoms with E-state index in [4.69, 9.17) is 10.5 Å². The highest BCUT2D eigenvalue weighted by molar-refractivity contribution is 5.96. The summed E-state index contributed by atoms with van der Waals surface area (Å²) in [5, 5.41) is 3.06. The van der Waals surface area contributed by atoms with Gasteiger partial charge < -0.3 is 15.8 Å². The van der Waals surface area contributed by atoms with Crippen LogP contribution >= 0.6 is 0 Å².